The van der Waals surface area contributed by atoms with E-state index in [1.807, 2.05) is 13.8 Å². The number of nitrogens with one attached hydrogen (secondary N) is 1. The summed E-state index contributed by atoms with van der Waals surface area (Å²) in [4.78, 5) is 14.4. The number of ether oxygens (including phenoxy) is 1. The third kappa shape index (κ3) is 3.93. The van der Waals surface area contributed by atoms with E-state index < -0.39 is 0 Å². The second-order valence-electron chi connectivity index (χ2n) is 5.02. The SMILES string of the molecule is CCOC(=O)c1c(C)nsc1NCCN1CCCCC1. The first kappa shape index (κ1) is 15.3. The number of carbonyl (C=O) groups excluding carboxylic acids is 1. The van der Waals surface area contributed by atoms with E-state index in [4.69, 9.17) is 4.74 Å². The minimum Gasteiger partial charge on any atom is -0.462 e. The first-order valence-corrected chi connectivity index (χ1v) is 8.09. The molecule has 6 heteroatoms. The molecule has 0 atom stereocenters. The fourth-order valence-corrected chi connectivity index (χ4v) is 3.25. The van der Waals surface area contributed by atoms with Crippen molar-refractivity contribution in [1.29, 1.82) is 0 Å². The van der Waals surface area contributed by atoms with Crippen LogP contribution in [0.3, 0.4) is 0 Å². The molecule has 20 heavy (non-hydrogen) atoms. The molecule has 1 saturated heterocycles. The highest BCUT2D eigenvalue weighted by atomic mass is 32.1. The standard InChI is InChI=1S/C14H23N3O2S/c1-3-19-14(18)12-11(2)16-20-13(12)15-7-10-17-8-5-4-6-9-17/h15H,3-10H2,1-2H3. The quantitative estimate of drug-likeness (QED) is 0.818. The van der Waals surface area contributed by atoms with Gasteiger partial charge in [-0.25, -0.2) is 4.79 Å². The van der Waals surface area contributed by atoms with Crippen LogP contribution < -0.4 is 5.32 Å². The van der Waals surface area contributed by atoms with Crippen LogP contribution in [0.1, 0.15) is 42.2 Å². The van der Waals surface area contributed by atoms with Gasteiger partial charge >= 0.3 is 5.97 Å². The molecule has 1 aliphatic rings. The van der Waals surface area contributed by atoms with Gasteiger partial charge in [0.2, 0.25) is 0 Å². The summed E-state index contributed by atoms with van der Waals surface area (Å²) in [5.74, 6) is -0.278. The normalized spacial score (nSPS) is 16.1. The van der Waals surface area contributed by atoms with Crippen molar-refractivity contribution in [2.24, 2.45) is 0 Å². The zero-order valence-electron chi connectivity index (χ0n) is 12.3. The predicted octanol–water partition coefficient (Wildman–Crippen LogP) is 2.53. The summed E-state index contributed by atoms with van der Waals surface area (Å²) in [6.07, 6.45) is 3.95. The zero-order chi connectivity index (χ0) is 14.4. The molecule has 1 fully saturated rings. The van der Waals surface area contributed by atoms with Crippen LogP contribution in [0.15, 0.2) is 0 Å². The van der Waals surface area contributed by atoms with Gasteiger partial charge < -0.3 is 15.0 Å². The molecule has 5 nitrogen and oxygen atoms in total. The highest BCUT2D eigenvalue weighted by molar-refractivity contribution is 7.10. The Hall–Kier alpha value is -1.14. The first-order valence-electron chi connectivity index (χ1n) is 7.32. The third-order valence-electron chi connectivity index (χ3n) is 3.50. The fourth-order valence-electron chi connectivity index (χ4n) is 2.44. The molecule has 1 N–H and O–H groups in total. The van der Waals surface area contributed by atoms with Crippen molar-refractivity contribution in [2.75, 3.05) is 38.1 Å². The summed E-state index contributed by atoms with van der Waals surface area (Å²) < 4.78 is 9.33. The summed E-state index contributed by atoms with van der Waals surface area (Å²) in [6.45, 7) is 8.28. The number of aromatic nitrogens is 1. The Kier molecular flexibility index (Phi) is 5.79. The van der Waals surface area contributed by atoms with Gasteiger partial charge in [-0.15, -0.1) is 0 Å². The zero-order valence-corrected chi connectivity index (χ0v) is 13.1. The minimum absolute atomic E-state index is 0.278. The van der Waals surface area contributed by atoms with E-state index in [0.717, 1.165) is 23.8 Å². The van der Waals surface area contributed by atoms with Crippen molar-refractivity contribution in [3.8, 4) is 0 Å². The summed E-state index contributed by atoms with van der Waals surface area (Å²) in [5, 5.41) is 4.17. The lowest BCUT2D eigenvalue weighted by Crippen LogP contribution is -2.33. The molecule has 112 valence electrons. The molecule has 0 spiro atoms. The Morgan fingerprint density at radius 2 is 2.15 bits per heavy atom. The van der Waals surface area contributed by atoms with E-state index >= 15 is 0 Å². The van der Waals surface area contributed by atoms with Gasteiger partial charge in [-0.1, -0.05) is 6.42 Å². The van der Waals surface area contributed by atoms with Crippen molar-refractivity contribution in [1.82, 2.24) is 9.27 Å². The van der Waals surface area contributed by atoms with Crippen molar-refractivity contribution in [2.45, 2.75) is 33.1 Å². The smallest absolute Gasteiger partial charge is 0.343 e. The Labute approximate surface area is 124 Å². The number of piperidine rings is 1. The van der Waals surface area contributed by atoms with E-state index in [9.17, 15) is 4.79 Å². The summed E-state index contributed by atoms with van der Waals surface area (Å²) in [6, 6.07) is 0. The number of esters is 1. The molecule has 1 aliphatic heterocycles. The van der Waals surface area contributed by atoms with Gasteiger partial charge in [0.05, 0.1) is 12.3 Å². The number of hydrogen-bond donors (Lipinski definition) is 1. The van der Waals surface area contributed by atoms with Crippen molar-refractivity contribution < 1.29 is 9.53 Å². The topological polar surface area (TPSA) is 54.5 Å². The van der Waals surface area contributed by atoms with E-state index in [-0.39, 0.29) is 5.97 Å². The molecule has 0 radical (unpaired) electrons. The van der Waals surface area contributed by atoms with Crippen LogP contribution in [0.2, 0.25) is 0 Å². The van der Waals surface area contributed by atoms with E-state index in [1.54, 1.807) is 0 Å². The lowest BCUT2D eigenvalue weighted by Gasteiger charge is -2.26. The average molecular weight is 297 g/mol. The molecule has 1 aromatic rings. The Bertz CT molecular complexity index is 442. The Morgan fingerprint density at radius 1 is 1.40 bits per heavy atom. The van der Waals surface area contributed by atoms with Crippen LogP contribution in [0.5, 0.6) is 0 Å². The van der Waals surface area contributed by atoms with Crippen LogP contribution in [0, 0.1) is 6.92 Å². The van der Waals surface area contributed by atoms with Crippen LogP contribution >= 0.6 is 11.5 Å². The molecule has 0 amide bonds. The Balaban J connectivity index is 1.87. The second-order valence-corrected chi connectivity index (χ2v) is 5.80. The van der Waals surface area contributed by atoms with E-state index in [1.165, 1.54) is 43.9 Å². The number of hydrogen-bond acceptors (Lipinski definition) is 6. The van der Waals surface area contributed by atoms with Gasteiger partial charge in [-0.05, 0) is 51.3 Å². The van der Waals surface area contributed by atoms with E-state index in [2.05, 4.69) is 14.6 Å². The van der Waals surface area contributed by atoms with Crippen LogP contribution in [-0.2, 0) is 4.74 Å². The van der Waals surface area contributed by atoms with Crippen molar-refractivity contribution >= 4 is 22.5 Å². The number of anilines is 1. The van der Waals surface area contributed by atoms with Gasteiger partial charge in [0.1, 0.15) is 10.6 Å². The minimum atomic E-state index is -0.278. The van der Waals surface area contributed by atoms with Gasteiger partial charge in [-0.2, -0.15) is 4.37 Å². The second kappa shape index (κ2) is 7.59. The molecular formula is C14H23N3O2S. The first-order chi connectivity index (χ1) is 9.72. The van der Waals surface area contributed by atoms with Crippen LogP contribution in [0.4, 0.5) is 5.00 Å². The Morgan fingerprint density at radius 3 is 2.85 bits per heavy atom. The third-order valence-corrected chi connectivity index (χ3v) is 4.40. The number of likely N-dealkylation sites (tertiary alicyclic amines) is 1. The maximum Gasteiger partial charge on any atom is 0.343 e. The molecule has 2 rings (SSSR count). The predicted molar refractivity (Wildman–Crippen MR) is 81.6 cm³/mol. The molecular weight excluding hydrogens is 274 g/mol. The van der Waals surface area contributed by atoms with Crippen LogP contribution in [0.25, 0.3) is 0 Å². The van der Waals surface area contributed by atoms with Gasteiger partial charge in [0, 0.05) is 13.1 Å². The largest absolute Gasteiger partial charge is 0.462 e. The summed E-state index contributed by atoms with van der Waals surface area (Å²) >= 11 is 1.34. The molecule has 0 aliphatic carbocycles. The maximum absolute atomic E-state index is 11.9. The summed E-state index contributed by atoms with van der Waals surface area (Å²) in [5.41, 5.74) is 1.34. The molecule has 0 saturated carbocycles. The number of carbonyl (C=O) groups is 1. The molecule has 0 unspecified atom stereocenters. The molecule has 1 aromatic heterocycles. The van der Waals surface area contributed by atoms with Gasteiger partial charge in [-0.3, -0.25) is 0 Å². The highest BCUT2D eigenvalue weighted by Crippen LogP contribution is 2.25. The fraction of sp³-hybridized carbons (Fsp3) is 0.714. The van der Waals surface area contributed by atoms with Crippen molar-refractivity contribution in [3.05, 3.63) is 11.3 Å². The number of rotatable bonds is 6. The van der Waals surface area contributed by atoms with Gasteiger partial charge in [0.25, 0.3) is 0 Å². The average Bonchev–Trinajstić information content (AvgIpc) is 2.81. The van der Waals surface area contributed by atoms with E-state index in [0.29, 0.717) is 12.2 Å². The van der Waals surface area contributed by atoms with Gasteiger partial charge in [0.15, 0.2) is 0 Å². The highest BCUT2D eigenvalue weighted by Gasteiger charge is 2.19. The van der Waals surface area contributed by atoms with Crippen LogP contribution in [-0.4, -0.2) is 48.0 Å². The lowest BCUT2D eigenvalue weighted by atomic mass is 10.1. The lowest BCUT2D eigenvalue weighted by molar-refractivity contribution is 0.0527. The molecule has 0 bridgehead atoms. The monoisotopic (exact) mass is 297 g/mol. The number of aryl methyl sites for hydroxylation is 1. The summed E-state index contributed by atoms with van der Waals surface area (Å²) in [7, 11) is 0. The molecule has 2 heterocycles. The molecule has 0 aromatic carbocycles. The maximum atomic E-state index is 11.9. The van der Waals surface area contributed by atoms with Crippen molar-refractivity contribution in [3.63, 3.8) is 0 Å². The number of nitrogens with zero attached hydrogens (tertiary/aromatic N) is 2.